The highest BCUT2D eigenvalue weighted by Gasteiger charge is 2.27. The summed E-state index contributed by atoms with van der Waals surface area (Å²) in [5.41, 5.74) is 6.22. The SMILES string of the molecule is CCOC(=O)c1c(N)nsc1N1CCC(COC)CC1. The van der Waals surface area contributed by atoms with Gasteiger partial charge in [-0.15, -0.1) is 0 Å². The zero-order chi connectivity index (χ0) is 14.5. The van der Waals surface area contributed by atoms with Crippen molar-refractivity contribution in [3.63, 3.8) is 0 Å². The number of anilines is 2. The van der Waals surface area contributed by atoms with Crippen molar-refractivity contribution in [2.24, 2.45) is 5.92 Å². The van der Waals surface area contributed by atoms with Crippen molar-refractivity contribution in [3.8, 4) is 0 Å². The third-order valence-electron chi connectivity index (χ3n) is 3.48. The van der Waals surface area contributed by atoms with Crippen molar-refractivity contribution in [1.82, 2.24) is 4.37 Å². The maximum Gasteiger partial charge on any atom is 0.345 e. The zero-order valence-electron chi connectivity index (χ0n) is 11.9. The Kier molecular flexibility index (Phi) is 5.19. The van der Waals surface area contributed by atoms with Gasteiger partial charge in [-0.3, -0.25) is 0 Å². The van der Waals surface area contributed by atoms with E-state index in [0.717, 1.165) is 37.5 Å². The molecular formula is C13H21N3O3S. The van der Waals surface area contributed by atoms with Crippen LogP contribution in [0.25, 0.3) is 0 Å². The van der Waals surface area contributed by atoms with Gasteiger partial charge in [-0.25, -0.2) is 4.79 Å². The summed E-state index contributed by atoms with van der Waals surface area (Å²) in [7, 11) is 1.73. The highest BCUT2D eigenvalue weighted by Crippen LogP contribution is 2.34. The summed E-state index contributed by atoms with van der Waals surface area (Å²) in [6, 6.07) is 0. The fourth-order valence-corrected chi connectivity index (χ4v) is 3.30. The van der Waals surface area contributed by atoms with E-state index >= 15 is 0 Å². The van der Waals surface area contributed by atoms with E-state index in [1.165, 1.54) is 11.5 Å². The molecule has 0 unspecified atom stereocenters. The average Bonchev–Trinajstić information content (AvgIpc) is 2.82. The zero-order valence-corrected chi connectivity index (χ0v) is 12.7. The molecule has 20 heavy (non-hydrogen) atoms. The average molecular weight is 299 g/mol. The molecular weight excluding hydrogens is 278 g/mol. The molecule has 0 saturated carbocycles. The molecule has 0 aliphatic carbocycles. The van der Waals surface area contributed by atoms with Crippen LogP contribution in [0, 0.1) is 5.92 Å². The molecule has 2 rings (SSSR count). The lowest BCUT2D eigenvalue weighted by atomic mass is 9.98. The molecule has 7 heteroatoms. The van der Waals surface area contributed by atoms with E-state index in [9.17, 15) is 4.79 Å². The smallest absolute Gasteiger partial charge is 0.345 e. The molecule has 0 amide bonds. The third kappa shape index (κ3) is 3.21. The van der Waals surface area contributed by atoms with Crippen molar-refractivity contribution in [1.29, 1.82) is 0 Å². The Morgan fingerprint density at radius 1 is 1.50 bits per heavy atom. The topological polar surface area (TPSA) is 77.7 Å². The summed E-state index contributed by atoms with van der Waals surface area (Å²) >= 11 is 1.27. The van der Waals surface area contributed by atoms with E-state index in [4.69, 9.17) is 15.2 Å². The number of aromatic nitrogens is 1. The summed E-state index contributed by atoms with van der Waals surface area (Å²) in [6.07, 6.45) is 2.10. The molecule has 112 valence electrons. The minimum atomic E-state index is -0.382. The van der Waals surface area contributed by atoms with Crippen molar-refractivity contribution in [3.05, 3.63) is 5.56 Å². The molecule has 0 bridgehead atoms. The van der Waals surface area contributed by atoms with Crippen LogP contribution in [-0.4, -0.2) is 43.8 Å². The summed E-state index contributed by atoms with van der Waals surface area (Å²) in [4.78, 5) is 14.1. The molecule has 1 aromatic rings. The number of nitrogen functional groups attached to an aromatic ring is 1. The molecule has 6 nitrogen and oxygen atoms in total. The number of nitrogens with two attached hydrogens (primary N) is 1. The van der Waals surface area contributed by atoms with Gasteiger partial charge >= 0.3 is 5.97 Å². The Balaban J connectivity index is 2.08. The second-order valence-electron chi connectivity index (χ2n) is 4.85. The Labute approximate surface area is 123 Å². The van der Waals surface area contributed by atoms with Gasteiger partial charge in [0.15, 0.2) is 5.82 Å². The van der Waals surface area contributed by atoms with E-state index in [1.54, 1.807) is 14.0 Å². The van der Waals surface area contributed by atoms with Crippen LogP contribution in [0.2, 0.25) is 0 Å². The number of hydrogen-bond acceptors (Lipinski definition) is 7. The highest BCUT2D eigenvalue weighted by molar-refractivity contribution is 7.11. The Hall–Kier alpha value is -1.34. The summed E-state index contributed by atoms with van der Waals surface area (Å²) in [5, 5.41) is 0.830. The van der Waals surface area contributed by atoms with Gasteiger partial charge in [0, 0.05) is 26.8 Å². The lowest BCUT2D eigenvalue weighted by Crippen LogP contribution is -2.35. The van der Waals surface area contributed by atoms with Gasteiger partial charge in [-0.2, -0.15) is 4.37 Å². The first-order chi connectivity index (χ1) is 9.67. The van der Waals surface area contributed by atoms with Crippen molar-refractivity contribution >= 4 is 28.3 Å². The van der Waals surface area contributed by atoms with Crippen molar-refractivity contribution in [2.75, 3.05) is 44.0 Å². The summed E-state index contributed by atoms with van der Waals surface area (Å²) in [6.45, 7) is 4.70. The molecule has 0 atom stereocenters. The van der Waals surface area contributed by atoms with E-state index in [1.807, 2.05) is 0 Å². The Bertz CT molecular complexity index is 456. The second kappa shape index (κ2) is 6.90. The van der Waals surface area contributed by atoms with Crippen LogP contribution in [-0.2, 0) is 9.47 Å². The van der Waals surface area contributed by atoms with Crippen LogP contribution >= 0.6 is 11.5 Å². The van der Waals surface area contributed by atoms with Crippen LogP contribution in [0.5, 0.6) is 0 Å². The fraction of sp³-hybridized carbons (Fsp3) is 0.692. The number of methoxy groups -OCH3 is 1. The largest absolute Gasteiger partial charge is 0.462 e. The molecule has 0 radical (unpaired) electrons. The highest BCUT2D eigenvalue weighted by atomic mass is 32.1. The van der Waals surface area contributed by atoms with Crippen LogP contribution < -0.4 is 10.6 Å². The molecule has 1 aliphatic heterocycles. The van der Waals surface area contributed by atoms with E-state index in [2.05, 4.69) is 9.27 Å². The number of piperidine rings is 1. The number of hydrogen-bond donors (Lipinski definition) is 1. The first-order valence-electron chi connectivity index (χ1n) is 6.83. The number of carbonyl (C=O) groups is 1. The molecule has 1 aliphatic rings. The summed E-state index contributed by atoms with van der Waals surface area (Å²) < 4.78 is 14.4. The maximum absolute atomic E-state index is 12.0. The molecule has 0 aromatic carbocycles. The van der Waals surface area contributed by atoms with Crippen molar-refractivity contribution < 1.29 is 14.3 Å². The predicted molar refractivity (Wildman–Crippen MR) is 79.3 cm³/mol. The Morgan fingerprint density at radius 2 is 2.20 bits per heavy atom. The standard InChI is InChI=1S/C13H21N3O3S/c1-3-19-13(17)10-11(14)15-20-12(10)16-6-4-9(5-7-16)8-18-2/h9H,3-8H2,1-2H3,(H2,14,15). The molecule has 2 heterocycles. The van der Waals surface area contributed by atoms with Crippen LogP contribution in [0.1, 0.15) is 30.1 Å². The van der Waals surface area contributed by atoms with Gasteiger partial charge in [0.1, 0.15) is 10.6 Å². The lowest BCUT2D eigenvalue weighted by molar-refractivity contribution is 0.0528. The molecule has 1 saturated heterocycles. The predicted octanol–water partition coefficient (Wildman–Crippen LogP) is 1.76. The number of carbonyl (C=O) groups excluding carboxylic acids is 1. The first-order valence-corrected chi connectivity index (χ1v) is 7.60. The van der Waals surface area contributed by atoms with E-state index in [-0.39, 0.29) is 11.8 Å². The van der Waals surface area contributed by atoms with Crippen LogP contribution in [0.15, 0.2) is 0 Å². The fourth-order valence-electron chi connectivity index (χ4n) is 2.44. The monoisotopic (exact) mass is 299 g/mol. The van der Waals surface area contributed by atoms with E-state index < -0.39 is 0 Å². The molecule has 1 aromatic heterocycles. The van der Waals surface area contributed by atoms with Gasteiger partial charge in [-0.1, -0.05) is 0 Å². The third-order valence-corrected chi connectivity index (χ3v) is 4.41. The minimum absolute atomic E-state index is 0.266. The number of rotatable bonds is 5. The maximum atomic E-state index is 12.0. The Morgan fingerprint density at radius 3 is 2.80 bits per heavy atom. The summed E-state index contributed by atoms with van der Waals surface area (Å²) in [5.74, 6) is 0.475. The number of esters is 1. The molecule has 2 N–H and O–H groups in total. The lowest BCUT2D eigenvalue weighted by Gasteiger charge is -2.32. The van der Waals surface area contributed by atoms with Gasteiger partial charge in [0.25, 0.3) is 0 Å². The minimum Gasteiger partial charge on any atom is -0.462 e. The molecule has 1 fully saturated rings. The van der Waals surface area contributed by atoms with Crippen molar-refractivity contribution in [2.45, 2.75) is 19.8 Å². The second-order valence-corrected chi connectivity index (χ2v) is 5.61. The quantitative estimate of drug-likeness (QED) is 0.835. The van der Waals surface area contributed by atoms with Gasteiger partial charge in [0.05, 0.1) is 6.61 Å². The van der Waals surface area contributed by atoms with E-state index in [0.29, 0.717) is 18.1 Å². The first kappa shape index (κ1) is 15.1. The van der Waals surface area contributed by atoms with Crippen LogP contribution in [0.3, 0.4) is 0 Å². The normalized spacial score (nSPS) is 16.4. The van der Waals surface area contributed by atoms with Crippen LogP contribution in [0.4, 0.5) is 10.8 Å². The number of ether oxygens (including phenoxy) is 2. The van der Waals surface area contributed by atoms with Gasteiger partial charge in [0.2, 0.25) is 0 Å². The number of nitrogens with zero attached hydrogens (tertiary/aromatic N) is 2. The van der Waals surface area contributed by atoms with Gasteiger partial charge in [-0.05, 0) is 37.2 Å². The molecule has 0 spiro atoms. The van der Waals surface area contributed by atoms with Gasteiger partial charge < -0.3 is 20.1 Å².